The van der Waals surface area contributed by atoms with E-state index < -0.39 is 17.8 Å². The Bertz CT molecular complexity index is 625. The molecule has 0 fully saturated rings. The van der Waals surface area contributed by atoms with Gasteiger partial charge in [-0.25, -0.2) is 0 Å². The van der Waals surface area contributed by atoms with E-state index in [4.69, 9.17) is 0 Å². The van der Waals surface area contributed by atoms with E-state index in [1.165, 1.54) is 0 Å². The van der Waals surface area contributed by atoms with Gasteiger partial charge in [0.2, 0.25) is 11.9 Å². The molecule has 1 aromatic rings. The quantitative estimate of drug-likeness (QED) is 0.722. The first kappa shape index (κ1) is 19.4. The number of nitrogens with zero attached hydrogens (tertiary/aromatic N) is 3. The minimum atomic E-state index is -4.41. The average molecular weight is 359 g/mol. The predicted molar refractivity (Wildman–Crippen MR) is 90.2 cm³/mol. The number of aliphatic hydroxyl groups is 1. The maximum atomic E-state index is 12.8. The normalized spacial score (nSPS) is 17.0. The summed E-state index contributed by atoms with van der Waals surface area (Å²) in [6.45, 7) is 4.38. The molecule has 0 aliphatic heterocycles. The van der Waals surface area contributed by atoms with E-state index in [1.807, 2.05) is 6.08 Å². The molecule has 0 aromatic carbocycles. The molecule has 1 aromatic heterocycles. The van der Waals surface area contributed by atoms with Crippen molar-refractivity contribution in [3.8, 4) is 0 Å². The van der Waals surface area contributed by atoms with Crippen LogP contribution in [0, 0.1) is 0 Å². The van der Waals surface area contributed by atoms with Crippen LogP contribution in [0.2, 0.25) is 0 Å². The van der Waals surface area contributed by atoms with Gasteiger partial charge in [0.1, 0.15) is 6.04 Å². The molecule has 1 heterocycles. The summed E-state index contributed by atoms with van der Waals surface area (Å²) in [5, 5.41) is 14.9. The van der Waals surface area contributed by atoms with E-state index in [-0.39, 0.29) is 18.4 Å². The molecule has 0 unspecified atom stereocenters. The number of nitrogens with one attached hydrogen (secondary N) is 2. The number of rotatable bonds is 6. The highest BCUT2D eigenvalue weighted by Gasteiger charge is 2.36. The van der Waals surface area contributed by atoms with Gasteiger partial charge in [-0.05, 0) is 52.0 Å². The first-order valence-corrected chi connectivity index (χ1v) is 8.29. The van der Waals surface area contributed by atoms with Crippen LogP contribution in [0.5, 0.6) is 0 Å². The van der Waals surface area contributed by atoms with Crippen LogP contribution >= 0.6 is 0 Å². The Morgan fingerprint density at radius 3 is 2.40 bits per heavy atom. The molecule has 3 N–H and O–H groups in total. The SMILES string of the molecule is C[C@@H](Nc1nc(NCC(C)(C)O)nc(C2=CCCCC2)n1)C(F)(F)F. The summed E-state index contributed by atoms with van der Waals surface area (Å²) in [5.41, 5.74) is -0.105. The summed E-state index contributed by atoms with van der Waals surface area (Å²) >= 11 is 0. The topological polar surface area (TPSA) is 83.0 Å². The van der Waals surface area contributed by atoms with Crippen LogP contribution in [-0.2, 0) is 0 Å². The summed E-state index contributed by atoms with van der Waals surface area (Å²) < 4.78 is 38.4. The lowest BCUT2D eigenvalue weighted by molar-refractivity contribution is -0.138. The summed E-state index contributed by atoms with van der Waals surface area (Å²) in [6.07, 6.45) is 1.35. The summed E-state index contributed by atoms with van der Waals surface area (Å²) in [7, 11) is 0. The number of aromatic nitrogens is 3. The van der Waals surface area contributed by atoms with Crippen LogP contribution < -0.4 is 10.6 Å². The van der Waals surface area contributed by atoms with Crippen LogP contribution in [-0.4, -0.2) is 44.4 Å². The molecule has 0 amide bonds. The van der Waals surface area contributed by atoms with Crippen molar-refractivity contribution in [1.82, 2.24) is 15.0 Å². The minimum Gasteiger partial charge on any atom is -0.389 e. The third kappa shape index (κ3) is 6.15. The summed E-state index contributed by atoms with van der Waals surface area (Å²) in [6, 6.07) is -1.79. The molecule has 0 bridgehead atoms. The number of hydrogen-bond acceptors (Lipinski definition) is 6. The van der Waals surface area contributed by atoms with E-state index in [2.05, 4.69) is 25.6 Å². The zero-order valence-corrected chi connectivity index (χ0v) is 14.6. The lowest BCUT2D eigenvalue weighted by Crippen LogP contribution is -2.34. The van der Waals surface area contributed by atoms with Gasteiger partial charge in [0, 0.05) is 6.54 Å². The predicted octanol–water partition coefficient (Wildman–Crippen LogP) is 3.37. The Kier molecular flexibility index (Phi) is 5.87. The van der Waals surface area contributed by atoms with Crippen molar-refractivity contribution >= 4 is 17.5 Å². The Morgan fingerprint density at radius 1 is 1.16 bits per heavy atom. The Balaban J connectivity index is 2.29. The number of hydrogen-bond donors (Lipinski definition) is 3. The van der Waals surface area contributed by atoms with E-state index >= 15 is 0 Å². The van der Waals surface area contributed by atoms with Crippen molar-refractivity contribution < 1.29 is 18.3 Å². The number of halogens is 3. The first-order valence-electron chi connectivity index (χ1n) is 8.29. The Morgan fingerprint density at radius 2 is 1.84 bits per heavy atom. The molecule has 1 aliphatic rings. The highest BCUT2D eigenvalue weighted by atomic mass is 19.4. The van der Waals surface area contributed by atoms with Crippen LogP contribution in [0.15, 0.2) is 6.08 Å². The van der Waals surface area contributed by atoms with Gasteiger partial charge in [0.15, 0.2) is 5.82 Å². The maximum Gasteiger partial charge on any atom is 0.408 e. The van der Waals surface area contributed by atoms with Gasteiger partial charge >= 0.3 is 6.18 Å². The van der Waals surface area contributed by atoms with Crippen LogP contribution in [0.3, 0.4) is 0 Å². The monoisotopic (exact) mass is 359 g/mol. The average Bonchev–Trinajstić information content (AvgIpc) is 2.52. The molecule has 1 atom stereocenters. The lowest BCUT2D eigenvalue weighted by Gasteiger charge is -2.20. The largest absolute Gasteiger partial charge is 0.408 e. The van der Waals surface area contributed by atoms with Gasteiger partial charge in [-0.2, -0.15) is 28.1 Å². The fraction of sp³-hybridized carbons (Fsp3) is 0.688. The van der Waals surface area contributed by atoms with E-state index in [0.717, 1.165) is 38.2 Å². The van der Waals surface area contributed by atoms with Crippen molar-refractivity contribution in [2.24, 2.45) is 0 Å². The Hall–Kier alpha value is -1.90. The molecule has 6 nitrogen and oxygen atoms in total. The van der Waals surface area contributed by atoms with Crippen molar-refractivity contribution in [2.45, 2.75) is 64.3 Å². The molecule has 25 heavy (non-hydrogen) atoms. The zero-order chi connectivity index (χ0) is 18.7. The molecule has 2 rings (SSSR count). The molecular weight excluding hydrogens is 335 g/mol. The van der Waals surface area contributed by atoms with E-state index in [0.29, 0.717) is 5.82 Å². The lowest BCUT2D eigenvalue weighted by atomic mass is 9.99. The minimum absolute atomic E-state index is 0.135. The van der Waals surface area contributed by atoms with Gasteiger partial charge in [-0.1, -0.05) is 6.08 Å². The smallest absolute Gasteiger partial charge is 0.389 e. The van der Waals surface area contributed by atoms with Crippen LogP contribution in [0.1, 0.15) is 52.3 Å². The highest BCUT2D eigenvalue weighted by molar-refractivity contribution is 5.62. The van der Waals surface area contributed by atoms with E-state index in [1.54, 1.807) is 13.8 Å². The van der Waals surface area contributed by atoms with Crippen LogP contribution in [0.4, 0.5) is 25.1 Å². The molecule has 1 aliphatic carbocycles. The van der Waals surface area contributed by atoms with Crippen molar-refractivity contribution in [3.05, 3.63) is 11.9 Å². The van der Waals surface area contributed by atoms with Crippen molar-refractivity contribution in [3.63, 3.8) is 0 Å². The molecule has 0 radical (unpaired) electrons. The molecule has 0 saturated carbocycles. The number of alkyl halides is 3. The maximum absolute atomic E-state index is 12.8. The Labute approximate surface area is 145 Å². The van der Waals surface area contributed by atoms with Gasteiger partial charge < -0.3 is 15.7 Å². The third-order valence-corrected chi connectivity index (χ3v) is 3.73. The van der Waals surface area contributed by atoms with Gasteiger partial charge in [0.05, 0.1) is 5.60 Å². The van der Waals surface area contributed by atoms with Gasteiger partial charge in [-0.3, -0.25) is 0 Å². The number of allylic oxidation sites excluding steroid dienone is 2. The molecule has 0 saturated heterocycles. The molecule has 0 spiro atoms. The molecule has 9 heteroatoms. The summed E-state index contributed by atoms with van der Waals surface area (Å²) in [4.78, 5) is 12.4. The van der Waals surface area contributed by atoms with Crippen molar-refractivity contribution in [1.29, 1.82) is 0 Å². The molecular formula is C16H24F3N5O. The fourth-order valence-electron chi connectivity index (χ4n) is 2.28. The van der Waals surface area contributed by atoms with Crippen LogP contribution in [0.25, 0.3) is 5.57 Å². The number of anilines is 2. The van der Waals surface area contributed by atoms with Crippen molar-refractivity contribution in [2.75, 3.05) is 17.2 Å². The van der Waals surface area contributed by atoms with Gasteiger partial charge in [-0.15, -0.1) is 0 Å². The second-order valence-corrected chi connectivity index (χ2v) is 6.86. The van der Waals surface area contributed by atoms with E-state index in [9.17, 15) is 18.3 Å². The zero-order valence-electron chi connectivity index (χ0n) is 14.6. The highest BCUT2D eigenvalue weighted by Crippen LogP contribution is 2.27. The standard InChI is InChI=1S/C16H24F3N5O/c1-10(16(17,18)19)21-14-23-12(11-7-5-4-6-8-11)22-13(24-14)20-9-15(2,3)25/h7,10,25H,4-6,8-9H2,1-3H3,(H2,20,21,22,23,24)/t10-/m1/s1. The molecule has 140 valence electrons. The summed E-state index contributed by atoms with van der Waals surface area (Å²) in [5.74, 6) is 0.361. The first-order chi connectivity index (χ1) is 11.5. The van der Waals surface area contributed by atoms with Gasteiger partial charge in [0.25, 0.3) is 0 Å². The fourth-order valence-corrected chi connectivity index (χ4v) is 2.28. The second-order valence-electron chi connectivity index (χ2n) is 6.86. The second kappa shape index (κ2) is 7.55. The third-order valence-electron chi connectivity index (χ3n) is 3.73.